The van der Waals surface area contributed by atoms with Gasteiger partial charge in [0.2, 0.25) is 0 Å². The zero-order valence-corrected chi connectivity index (χ0v) is 17.3. The van der Waals surface area contributed by atoms with E-state index in [4.69, 9.17) is 19.2 Å². The number of aliphatic hydroxyl groups excluding tert-OH is 1. The highest BCUT2D eigenvalue weighted by Crippen LogP contribution is 2.30. The Morgan fingerprint density at radius 2 is 1.77 bits per heavy atom. The Balaban J connectivity index is 1.29. The van der Waals surface area contributed by atoms with Gasteiger partial charge < -0.3 is 24.2 Å². The molecule has 0 amide bonds. The average Bonchev–Trinajstić information content (AvgIpc) is 3.10. The van der Waals surface area contributed by atoms with Crippen LogP contribution in [-0.4, -0.2) is 54.7 Å². The lowest BCUT2D eigenvalue weighted by atomic mass is 10.1. The maximum absolute atomic E-state index is 13.1. The SMILES string of the molecule is Cc1ccc2cc(CO)c(N3C[C@@H]4OCC(Oc5ccc(F)cc5)CO[C@H]4C3)nc2c1. The van der Waals surface area contributed by atoms with E-state index < -0.39 is 0 Å². The standard InChI is InChI=1S/C24H25FN2O4/c1-15-2-3-16-9-17(12-28)24(26-21(16)8-15)27-10-22-23(11-27)30-14-20(13-29-22)31-19-6-4-18(25)5-7-19/h2-9,20,22-23,28H,10-14H2,1H3/t22-,23-/m0/s1. The summed E-state index contributed by atoms with van der Waals surface area (Å²) in [5, 5.41) is 10.9. The molecule has 2 aromatic carbocycles. The molecule has 1 N–H and O–H groups in total. The highest BCUT2D eigenvalue weighted by atomic mass is 19.1. The third-order valence-electron chi connectivity index (χ3n) is 5.82. The lowest BCUT2D eigenvalue weighted by molar-refractivity contribution is -0.00461. The molecule has 0 aliphatic carbocycles. The predicted octanol–water partition coefficient (Wildman–Crippen LogP) is 3.23. The maximum atomic E-state index is 13.1. The highest BCUT2D eigenvalue weighted by molar-refractivity contribution is 5.82. The van der Waals surface area contributed by atoms with Gasteiger partial charge in [-0.05, 0) is 48.9 Å². The molecule has 0 spiro atoms. The maximum Gasteiger partial charge on any atom is 0.145 e. The molecule has 2 atom stereocenters. The molecule has 1 aromatic heterocycles. The molecule has 5 rings (SSSR count). The Kier molecular flexibility index (Phi) is 5.48. The average molecular weight is 424 g/mol. The summed E-state index contributed by atoms with van der Waals surface area (Å²) in [5.74, 6) is 1.07. The number of anilines is 1. The summed E-state index contributed by atoms with van der Waals surface area (Å²) in [7, 11) is 0. The number of benzene rings is 2. The first-order valence-electron chi connectivity index (χ1n) is 10.5. The number of aromatic nitrogens is 1. The molecule has 0 bridgehead atoms. The fourth-order valence-electron chi connectivity index (χ4n) is 4.22. The third-order valence-corrected chi connectivity index (χ3v) is 5.82. The number of aryl methyl sites for hydroxylation is 1. The second-order valence-electron chi connectivity index (χ2n) is 8.17. The van der Waals surface area contributed by atoms with Gasteiger partial charge in [-0.15, -0.1) is 0 Å². The number of halogens is 1. The monoisotopic (exact) mass is 424 g/mol. The smallest absolute Gasteiger partial charge is 0.145 e. The molecule has 3 aromatic rings. The van der Waals surface area contributed by atoms with Gasteiger partial charge >= 0.3 is 0 Å². The van der Waals surface area contributed by atoms with Gasteiger partial charge in [0.05, 0.1) is 25.3 Å². The number of fused-ring (bicyclic) bond motifs is 2. The first kappa shape index (κ1) is 20.2. The van der Waals surface area contributed by atoms with Crippen LogP contribution in [0, 0.1) is 12.7 Å². The highest BCUT2D eigenvalue weighted by Gasteiger charge is 2.39. The molecule has 2 aliphatic heterocycles. The molecule has 3 heterocycles. The van der Waals surface area contributed by atoms with Gasteiger partial charge in [-0.3, -0.25) is 0 Å². The Hall–Kier alpha value is -2.74. The van der Waals surface area contributed by atoms with Crippen LogP contribution in [0.5, 0.6) is 5.75 Å². The van der Waals surface area contributed by atoms with E-state index in [2.05, 4.69) is 11.0 Å². The van der Waals surface area contributed by atoms with Gasteiger partial charge in [0.15, 0.2) is 0 Å². The molecule has 7 heteroatoms. The van der Waals surface area contributed by atoms with Crippen LogP contribution >= 0.6 is 0 Å². The van der Waals surface area contributed by atoms with Gasteiger partial charge in [-0.1, -0.05) is 12.1 Å². The van der Waals surface area contributed by atoms with Crippen molar-refractivity contribution >= 4 is 16.7 Å². The minimum absolute atomic E-state index is 0.0761. The number of hydrogen-bond donors (Lipinski definition) is 1. The van der Waals surface area contributed by atoms with Crippen LogP contribution < -0.4 is 9.64 Å². The summed E-state index contributed by atoms with van der Waals surface area (Å²) < 4.78 is 31.2. The summed E-state index contributed by atoms with van der Waals surface area (Å²) in [6.07, 6.45) is -0.467. The number of ether oxygens (including phenoxy) is 3. The van der Waals surface area contributed by atoms with Crippen molar-refractivity contribution in [1.82, 2.24) is 4.98 Å². The van der Waals surface area contributed by atoms with Crippen LogP contribution in [0.25, 0.3) is 10.9 Å². The van der Waals surface area contributed by atoms with Crippen molar-refractivity contribution in [1.29, 1.82) is 0 Å². The van der Waals surface area contributed by atoms with Gasteiger partial charge in [-0.25, -0.2) is 9.37 Å². The Morgan fingerprint density at radius 3 is 2.45 bits per heavy atom. The minimum Gasteiger partial charge on any atom is -0.486 e. The van der Waals surface area contributed by atoms with Crippen molar-refractivity contribution in [3.8, 4) is 5.75 Å². The van der Waals surface area contributed by atoms with Crippen molar-refractivity contribution in [3.05, 3.63) is 65.5 Å². The second-order valence-corrected chi connectivity index (χ2v) is 8.17. The van der Waals surface area contributed by atoms with Gasteiger partial charge in [-0.2, -0.15) is 0 Å². The molecule has 0 unspecified atom stereocenters. The topological polar surface area (TPSA) is 64.1 Å². The molecule has 2 fully saturated rings. The first-order valence-corrected chi connectivity index (χ1v) is 10.5. The van der Waals surface area contributed by atoms with Crippen LogP contribution in [0.2, 0.25) is 0 Å². The van der Waals surface area contributed by atoms with Crippen LogP contribution in [0.3, 0.4) is 0 Å². The summed E-state index contributed by atoms with van der Waals surface area (Å²) in [4.78, 5) is 6.98. The van der Waals surface area contributed by atoms with E-state index in [9.17, 15) is 9.50 Å². The lowest BCUT2D eigenvalue weighted by Crippen LogP contribution is -2.30. The Morgan fingerprint density at radius 1 is 1.06 bits per heavy atom. The summed E-state index contributed by atoms with van der Waals surface area (Å²) in [5.41, 5.74) is 2.85. The number of rotatable bonds is 4. The zero-order chi connectivity index (χ0) is 21.4. The quantitative estimate of drug-likeness (QED) is 0.694. The number of nitrogens with zero attached hydrogens (tertiary/aromatic N) is 2. The number of hydrogen-bond acceptors (Lipinski definition) is 6. The first-order chi connectivity index (χ1) is 15.1. The fraction of sp³-hybridized carbons (Fsp3) is 0.375. The van der Waals surface area contributed by atoms with E-state index in [-0.39, 0.29) is 30.7 Å². The van der Waals surface area contributed by atoms with E-state index in [0.29, 0.717) is 32.1 Å². The molecule has 162 valence electrons. The van der Waals surface area contributed by atoms with Gasteiger partial charge in [0.1, 0.15) is 35.7 Å². The molecule has 0 radical (unpaired) electrons. The molecule has 2 saturated heterocycles. The Bertz CT molecular complexity index is 1060. The molecular formula is C24H25FN2O4. The van der Waals surface area contributed by atoms with Gasteiger partial charge in [0, 0.05) is 24.0 Å². The molecule has 0 saturated carbocycles. The van der Waals surface area contributed by atoms with E-state index in [1.807, 2.05) is 25.1 Å². The predicted molar refractivity (Wildman–Crippen MR) is 115 cm³/mol. The number of aliphatic hydroxyl groups is 1. The van der Waals surface area contributed by atoms with Crippen molar-refractivity contribution in [2.45, 2.75) is 31.8 Å². The van der Waals surface area contributed by atoms with Gasteiger partial charge in [0.25, 0.3) is 0 Å². The normalized spacial score (nSPS) is 21.8. The molecule has 2 aliphatic rings. The second kappa shape index (κ2) is 8.42. The van der Waals surface area contributed by atoms with Crippen molar-refractivity contribution in [2.24, 2.45) is 0 Å². The van der Waals surface area contributed by atoms with Crippen molar-refractivity contribution in [3.63, 3.8) is 0 Å². The van der Waals surface area contributed by atoms with Crippen molar-refractivity contribution in [2.75, 3.05) is 31.2 Å². The van der Waals surface area contributed by atoms with Crippen LogP contribution in [0.1, 0.15) is 11.1 Å². The van der Waals surface area contributed by atoms with E-state index >= 15 is 0 Å². The largest absolute Gasteiger partial charge is 0.486 e. The molecule has 6 nitrogen and oxygen atoms in total. The minimum atomic E-state index is -0.296. The molecule has 31 heavy (non-hydrogen) atoms. The van der Waals surface area contributed by atoms with E-state index in [0.717, 1.165) is 27.8 Å². The van der Waals surface area contributed by atoms with E-state index in [1.165, 1.54) is 12.1 Å². The molecular weight excluding hydrogens is 399 g/mol. The number of pyridine rings is 1. The zero-order valence-electron chi connectivity index (χ0n) is 17.3. The third kappa shape index (κ3) is 4.21. The van der Waals surface area contributed by atoms with Crippen LogP contribution in [0.4, 0.5) is 10.2 Å². The summed E-state index contributed by atoms with van der Waals surface area (Å²) in [6, 6.07) is 14.1. The fourth-order valence-corrected chi connectivity index (χ4v) is 4.22. The van der Waals surface area contributed by atoms with Crippen molar-refractivity contribution < 1.29 is 23.7 Å². The van der Waals surface area contributed by atoms with Crippen LogP contribution in [0.15, 0.2) is 48.5 Å². The summed E-state index contributed by atoms with van der Waals surface area (Å²) >= 11 is 0. The van der Waals surface area contributed by atoms with E-state index in [1.54, 1.807) is 12.1 Å². The Labute approximate surface area is 180 Å². The van der Waals surface area contributed by atoms with Crippen LogP contribution in [-0.2, 0) is 16.1 Å². The lowest BCUT2D eigenvalue weighted by Gasteiger charge is -2.22. The summed E-state index contributed by atoms with van der Waals surface area (Å²) in [6.45, 7) is 4.01.